The Bertz CT molecular complexity index is 440. The van der Waals surface area contributed by atoms with Crippen LogP contribution >= 0.6 is 11.6 Å². The van der Waals surface area contributed by atoms with Gasteiger partial charge in [-0.15, -0.1) is 11.6 Å². The van der Waals surface area contributed by atoms with Crippen LogP contribution in [0.2, 0.25) is 0 Å². The molecule has 248 valence electrons. The van der Waals surface area contributed by atoms with E-state index >= 15 is 0 Å². The Labute approximate surface area is 266 Å². The summed E-state index contributed by atoms with van der Waals surface area (Å²) < 4.78 is 0. The highest BCUT2D eigenvalue weighted by Crippen LogP contribution is 2.33. The molecule has 0 aromatic rings. The fourth-order valence-electron chi connectivity index (χ4n) is 6.48. The number of aliphatic hydroxyl groups is 1. The van der Waals surface area contributed by atoms with Gasteiger partial charge in [-0.2, -0.15) is 0 Å². The molecule has 0 saturated heterocycles. The molecule has 0 heterocycles. The molecular weight excluding hydrogens is 520 g/mol. The van der Waals surface area contributed by atoms with Crippen LogP contribution in [-0.2, 0) is 0 Å². The van der Waals surface area contributed by atoms with Crippen LogP contribution in [0.4, 0.5) is 0 Å². The number of hydrogen-bond donors (Lipinski definition) is 1. The summed E-state index contributed by atoms with van der Waals surface area (Å²) in [6.45, 7) is 6.50. The van der Waals surface area contributed by atoms with E-state index in [4.69, 9.17) is 11.6 Å². The Hall–Kier alpha value is 0.250. The van der Waals surface area contributed by atoms with E-state index in [1.165, 1.54) is 205 Å². The van der Waals surface area contributed by atoms with Crippen molar-refractivity contribution < 1.29 is 5.11 Å². The largest absolute Gasteiger partial charge is 0.392 e. The number of unbranched alkanes of at least 4 members (excludes halogenated alkanes) is 30. The zero-order valence-corrected chi connectivity index (χ0v) is 29.7. The van der Waals surface area contributed by atoms with Gasteiger partial charge in [-0.3, -0.25) is 0 Å². The lowest BCUT2D eigenvalue weighted by Gasteiger charge is -2.30. The summed E-state index contributed by atoms with van der Waals surface area (Å²) in [5.41, 5.74) is 0. The monoisotopic (exact) mass is 599 g/mol. The van der Waals surface area contributed by atoms with Gasteiger partial charge in [0.2, 0.25) is 0 Å². The molecular formula is C39H79ClO. The van der Waals surface area contributed by atoms with Crippen molar-refractivity contribution in [3.05, 3.63) is 0 Å². The molecule has 2 heteroatoms. The second-order valence-electron chi connectivity index (χ2n) is 13.8. The third-order valence-corrected chi connectivity index (χ3v) is 10.3. The van der Waals surface area contributed by atoms with Crippen molar-refractivity contribution in [2.24, 2.45) is 0 Å². The van der Waals surface area contributed by atoms with E-state index in [2.05, 4.69) is 13.8 Å². The summed E-state index contributed by atoms with van der Waals surface area (Å²) >= 11 is 6.95. The van der Waals surface area contributed by atoms with Crippen LogP contribution < -0.4 is 0 Å². The average Bonchev–Trinajstić information content (AvgIpc) is 2.96. The molecule has 1 atom stereocenters. The molecule has 0 aliphatic heterocycles. The number of hydrogen-bond acceptors (Lipinski definition) is 1. The Morgan fingerprint density at radius 3 is 0.707 bits per heavy atom. The van der Waals surface area contributed by atoms with Crippen LogP contribution in [0.1, 0.15) is 239 Å². The molecule has 0 aliphatic carbocycles. The molecule has 1 nitrogen and oxygen atoms in total. The van der Waals surface area contributed by atoms with Gasteiger partial charge in [-0.05, 0) is 19.8 Å². The van der Waals surface area contributed by atoms with Crippen LogP contribution in [-0.4, -0.2) is 16.1 Å². The highest BCUT2D eigenvalue weighted by Gasteiger charge is 2.31. The van der Waals surface area contributed by atoms with Gasteiger partial charge >= 0.3 is 0 Å². The first-order valence-electron chi connectivity index (χ1n) is 19.4. The standard InChI is InChI=1S/C39H79ClO/c1-4-6-8-10-12-14-16-18-20-22-24-26-28-30-32-34-36-39(40,38(3)41)37-35-33-31-29-27-25-23-21-19-17-15-13-11-9-7-5-2/h38,41H,4-37H2,1-3H3. The van der Waals surface area contributed by atoms with Gasteiger partial charge in [-0.1, -0.05) is 219 Å². The molecule has 1 N–H and O–H groups in total. The molecule has 0 spiro atoms. The van der Waals surface area contributed by atoms with Crippen LogP contribution in [0.25, 0.3) is 0 Å². The van der Waals surface area contributed by atoms with Gasteiger partial charge in [0, 0.05) is 0 Å². The van der Waals surface area contributed by atoms with E-state index in [0.717, 1.165) is 12.8 Å². The van der Waals surface area contributed by atoms with E-state index < -0.39 is 11.0 Å². The molecule has 0 fully saturated rings. The average molecular weight is 600 g/mol. The molecule has 0 aromatic carbocycles. The third-order valence-electron chi connectivity index (χ3n) is 9.64. The summed E-state index contributed by atoms with van der Waals surface area (Å²) in [7, 11) is 0. The van der Waals surface area contributed by atoms with Crippen LogP contribution in [0, 0.1) is 0 Å². The maximum absolute atomic E-state index is 10.4. The van der Waals surface area contributed by atoms with Gasteiger partial charge in [0.1, 0.15) is 0 Å². The van der Waals surface area contributed by atoms with Crippen molar-refractivity contribution >= 4 is 11.6 Å². The van der Waals surface area contributed by atoms with E-state index in [9.17, 15) is 5.11 Å². The molecule has 0 saturated carbocycles. The number of halogens is 1. The highest BCUT2D eigenvalue weighted by atomic mass is 35.5. The maximum Gasteiger partial charge on any atom is 0.0703 e. The number of alkyl halides is 1. The van der Waals surface area contributed by atoms with Crippen molar-refractivity contribution in [3.63, 3.8) is 0 Å². The lowest BCUT2D eigenvalue weighted by Crippen LogP contribution is -2.34. The quantitative estimate of drug-likeness (QED) is 0.0568. The van der Waals surface area contributed by atoms with Crippen molar-refractivity contribution in [1.29, 1.82) is 0 Å². The summed E-state index contributed by atoms with van der Waals surface area (Å²) in [6, 6.07) is 0. The van der Waals surface area contributed by atoms with Gasteiger partial charge < -0.3 is 5.11 Å². The van der Waals surface area contributed by atoms with Gasteiger partial charge in [0.05, 0.1) is 11.0 Å². The molecule has 1 unspecified atom stereocenters. The van der Waals surface area contributed by atoms with Crippen LogP contribution in [0.5, 0.6) is 0 Å². The number of aliphatic hydroxyl groups excluding tert-OH is 1. The minimum atomic E-state index is -0.406. The molecule has 0 bridgehead atoms. The van der Waals surface area contributed by atoms with Crippen molar-refractivity contribution in [1.82, 2.24) is 0 Å². The first-order valence-corrected chi connectivity index (χ1v) is 19.8. The summed E-state index contributed by atoms with van der Waals surface area (Å²) in [4.78, 5) is -0.397. The predicted molar refractivity (Wildman–Crippen MR) is 189 cm³/mol. The zero-order chi connectivity index (χ0) is 30.1. The second-order valence-corrected chi connectivity index (χ2v) is 14.6. The van der Waals surface area contributed by atoms with Gasteiger partial charge in [-0.25, -0.2) is 0 Å². The molecule has 0 amide bonds. The normalized spacial score (nSPS) is 12.8. The van der Waals surface area contributed by atoms with E-state index in [1.54, 1.807) is 0 Å². The molecule has 0 aliphatic rings. The van der Waals surface area contributed by atoms with Crippen LogP contribution in [0.3, 0.4) is 0 Å². The molecule has 41 heavy (non-hydrogen) atoms. The highest BCUT2D eigenvalue weighted by molar-refractivity contribution is 6.24. The van der Waals surface area contributed by atoms with Gasteiger partial charge in [0.15, 0.2) is 0 Å². The minimum absolute atomic E-state index is 0.397. The first kappa shape index (κ1) is 41.2. The van der Waals surface area contributed by atoms with Crippen molar-refractivity contribution in [2.75, 3.05) is 0 Å². The smallest absolute Gasteiger partial charge is 0.0703 e. The first-order chi connectivity index (χ1) is 20.1. The molecule has 0 radical (unpaired) electrons. The zero-order valence-electron chi connectivity index (χ0n) is 28.9. The fourth-order valence-corrected chi connectivity index (χ4v) is 6.74. The third kappa shape index (κ3) is 30.1. The van der Waals surface area contributed by atoms with E-state index in [0.29, 0.717) is 0 Å². The fraction of sp³-hybridized carbons (Fsp3) is 1.00. The molecule has 0 rings (SSSR count). The topological polar surface area (TPSA) is 20.2 Å². The maximum atomic E-state index is 10.4. The predicted octanol–water partition coefficient (Wildman–Crippen LogP) is 14.6. The minimum Gasteiger partial charge on any atom is -0.392 e. The van der Waals surface area contributed by atoms with Gasteiger partial charge in [0.25, 0.3) is 0 Å². The lowest BCUT2D eigenvalue weighted by atomic mass is 9.89. The SMILES string of the molecule is CCCCCCCCCCCCCCCCCCC(Cl)(CCCCCCCCCCCCCCCCCC)C(C)O. The summed E-state index contributed by atoms with van der Waals surface area (Å²) in [5, 5.41) is 10.4. The number of rotatable bonds is 35. The Kier molecular flexibility index (Phi) is 33.4. The van der Waals surface area contributed by atoms with E-state index in [1.807, 2.05) is 6.92 Å². The van der Waals surface area contributed by atoms with E-state index in [-0.39, 0.29) is 0 Å². The Morgan fingerprint density at radius 2 is 0.537 bits per heavy atom. The second kappa shape index (κ2) is 33.1. The molecule has 0 aromatic heterocycles. The Morgan fingerprint density at radius 1 is 0.366 bits per heavy atom. The summed E-state index contributed by atoms with van der Waals surface area (Å²) in [5.74, 6) is 0. The summed E-state index contributed by atoms with van der Waals surface area (Å²) in [6.07, 6.45) is 46.2. The van der Waals surface area contributed by atoms with Crippen molar-refractivity contribution in [2.45, 2.75) is 250 Å². The Balaban J connectivity index is 3.50. The lowest BCUT2D eigenvalue weighted by molar-refractivity contribution is 0.128. The van der Waals surface area contributed by atoms with Crippen LogP contribution in [0.15, 0.2) is 0 Å². The van der Waals surface area contributed by atoms with Crippen molar-refractivity contribution in [3.8, 4) is 0 Å².